The molecule has 4 aromatic rings. The summed E-state index contributed by atoms with van der Waals surface area (Å²) in [7, 11) is 4.49. The van der Waals surface area contributed by atoms with Gasteiger partial charge in [0.1, 0.15) is 11.5 Å². The summed E-state index contributed by atoms with van der Waals surface area (Å²) in [6.07, 6.45) is 1.58. The lowest BCUT2D eigenvalue weighted by Gasteiger charge is -2.14. The Balaban J connectivity index is 1.71. The lowest BCUT2D eigenvalue weighted by molar-refractivity contribution is 0.0600. The molecule has 1 aromatic heterocycles. The predicted octanol–water partition coefficient (Wildman–Crippen LogP) is 4.78. The molecule has 4 rings (SSSR count). The van der Waals surface area contributed by atoms with Gasteiger partial charge in [0.15, 0.2) is 0 Å². The van der Waals surface area contributed by atoms with Crippen LogP contribution >= 0.6 is 11.3 Å². The maximum atomic E-state index is 13.4. The first-order chi connectivity index (χ1) is 16.5. The third-order valence-corrected chi connectivity index (χ3v) is 5.94. The highest BCUT2D eigenvalue weighted by Gasteiger charge is 2.22. The number of aromatic nitrogens is 1. The lowest BCUT2D eigenvalue weighted by atomic mass is 10.1. The standard InChI is InChI=1S/C25H21N3O5S/c1-31-19-10-4-16(5-11-19)15-26-28(23(29)17-6-8-18(9-7-17)24(30)33-3)25-27-21-13-12-20(32-2)14-22(21)34-25/h4-15H,1-3H3/b26-15+. The minimum Gasteiger partial charge on any atom is -0.497 e. The van der Waals surface area contributed by atoms with Crippen molar-refractivity contribution in [1.82, 2.24) is 4.98 Å². The number of thiazole rings is 1. The van der Waals surface area contributed by atoms with Gasteiger partial charge in [0.2, 0.25) is 5.13 Å². The quantitative estimate of drug-likeness (QED) is 0.217. The number of hydrogen-bond acceptors (Lipinski definition) is 8. The van der Waals surface area contributed by atoms with Crippen molar-refractivity contribution in [2.45, 2.75) is 0 Å². The summed E-state index contributed by atoms with van der Waals surface area (Å²) in [4.78, 5) is 29.8. The zero-order chi connectivity index (χ0) is 24.1. The monoisotopic (exact) mass is 475 g/mol. The van der Waals surface area contributed by atoms with Crippen molar-refractivity contribution in [2.75, 3.05) is 26.3 Å². The van der Waals surface area contributed by atoms with E-state index in [1.807, 2.05) is 42.5 Å². The van der Waals surface area contributed by atoms with Crippen LogP contribution in [0, 0.1) is 0 Å². The zero-order valence-corrected chi connectivity index (χ0v) is 19.5. The van der Waals surface area contributed by atoms with Gasteiger partial charge in [-0.25, -0.2) is 9.78 Å². The Morgan fingerprint density at radius 3 is 2.18 bits per heavy atom. The number of anilines is 1. The van der Waals surface area contributed by atoms with Gasteiger partial charge in [-0.3, -0.25) is 4.79 Å². The second-order valence-corrected chi connectivity index (χ2v) is 8.04. The summed E-state index contributed by atoms with van der Waals surface area (Å²) in [5.74, 6) is 0.539. The number of esters is 1. The molecule has 0 N–H and O–H groups in total. The van der Waals surface area contributed by atoms with E-state index in [9.17, 15) is 9.59 Å². The molecule has 0 saturated heterocycles. The zero-order valence-electron chi connectivity index (χ0n) is 18.7. The Bertz CT molecular complexity index is 1350. The average molecular weight is 476 g/mol. The number of carbonyl (C=O) groups excluding carboxylic acids is 2. The molecule has 0 aliphatic rings. The number of nitrogens with zero attached hydrogens (tertiary/aromatic N) is 3. The molecule has 1 amide bonds. The SMILES string of the molecule is COC(=O)c1ccc(C(=O)N(/N=C/c2ccc(OC)cc2)c2nc3ccc(OC)cc3s2)cc1. The Hall–Kier alpha value is -4.24. The van der Waals surface area contributed by atoms with Crippen LogP contribution < -0.4 is 14.5 Å². The summed E-state index contributed by atoms with van der Waals surface area (Å²) in [5.41, 5.74) is 2.19. The summed E-state index contributed by atoms with van der Waals surface area (Å²) in [5, 5.41) is 6.09. The lowest BCUT2D eigenvalue weighted by Crippen LogP contribution is -2.25. The van der Waals surface area contributed by atoms with E-state index in [0.29, 0.717) is 22.0 Å². The molecule has 0 bridgehead atoms. The van der Waals surface area contributed by atoms with Gasteiger partial charge < -0.3 is 14.2 Å². The molecule has 1 heterocycles. The van der Waals surface area contributed by atoms with Gasteiger partial charge in [-0.1, -0.05) is 11.3 Å². The highest BCUT2D eigenvalue weighted by Crippen LogP contribution is 2.32. The summed E-state index contributed by atoms with van der Waals surface area (Å²) >= 11 is 1.32. The fourth-order valence-electron chi connectivity index (χ4n) is 3.10. The van der Waals surface area contributed by atoms with Crippen LogP contribution in [0.5, 0.6) is 11.5 Å². The Morgan fingerprint density at radius 1 is 0.882 bits per heavy atom. The number of benzene rings is 3. The number of carbonyl (C=O) groups is 2. The number of hydrazone groups is 1. The molecular formula is C25H21N3O5S. The van der Waals surface area contributed by atoms with Crippen LogP contribution in [0.1, 0.15) is 26.3 Å². The normalized spacial score (nSPS) is 10.9. The highest BCUT2D eigenvalue weighted by atomic mass is 32.1. The van der Waals surface area contributed by atoms with Crippen LogP contribution in [0.4, 0.5) is 5.13 Å². The molecule has 34 heavy (non-hydrogen) atoms. The first-order valence-electron chi connectivity index (χ1n) is 10.2. The van der Waals surface area contributed by atoms with E-state index < -0.39 is 11.9 Å². The van der Waals surface area contributed by atoms with Gasteiger partial charge in [0.25, 0.3) is 5.91 Å². The number of hydrogen-bond donors (Lipinski definition) is 0. The molecule has 8 nitrogen and oxygen atoms in total. The minimum absolute atomic E-state index is 0.344. The number of amides is 1. The van der Waals surface area contributed by atoms with E-state index in [1.165, 1.54) is 35.6 Å². The molecule has 0 aliphatic heterocycles. The predicted molar refractivity (Wildman–Crippen MR) is 131 cm³/mol. The molecule has 3 aromatic carbocycles. The fourth-order valence-corrected chi connectivity index (χ4v) is 4.05. The molecule has 172 valence electrons. The van der Waals surface area contributed by atoms with Gasteiger partial charge in [0, 0.05) is 5.56 Å². The van der Waals surface area contributed by atoms with Crippen LogP contribution in [0.2, 0.25) is 0 Å². The van der Waals surface area contributed by atoms with E-state index in [-0.39, 0.29) is 0 Å². The van der Waals surface area contributed by atoms with Gasteiger partial charge >= 0.3 is 5.97 Å². The number of fused-ring (bicyclic) bond motifs is 1. The second kappa shape index (κ2) is 10.1. The molecule has 0 atom stereocenters. The summed E-state index contributed by atoms with van der Waals surface area (Å²) in [6, 6.07) is 19.0. The number of rotatable bonds is 7. The Labute approximate surface area is 200 Å². The van der Waals surface area contributed by atoms with Crippen molar-refractivity contribution in [3.8, 4) is 11.5 Å². The van der Waals surface area contributed by atoms with E-state index >= 15 is 0 Å². The third-order valence-electron chi connectivity index (χ3n) is 4.95. The van der Waals surface area contributed by atoms with Crippen molar-refractivity contribution in [3.63, 3.8) is 0 Å². The van der Waals surface area contributed by atoms with E-state index in [2.05, 4.69) is 10.1 Å². The summed E-state index contributed by atoms with van der Waals surface area (Å²) in [6.45, 7) is 0. The van der Waals surface area contributed by atoms with Crippen molar-refractivity contribution in [2.24, 2.45) is 5.10 Å². The molecule has 0 spiro atoms. The van der Waals surface area contributed by atoms with Gasteiger partial charge in [-0.05, 0) is 72.3 Å². The fraction of sp³-hybridized carbons (Fsp3) is 0.120. The molecule has 0 fully saturated rings. The molecule has 0 saturated carbocycles. The van der Waals surface area contributed by atoms with E-state index in [0.717, 1.165) is 21.5 Å². The molecule has 0 radical (unpaired) electrons. The maximum absolute atomic E-state index is 13.4. The molecular weight excluding hydrogens is 454 g/mol. The van der Waals surface area contributed by atoms with Crippen molar-refractivity contribution < 1.29 is 23.8 Å². The highest BCUT2D eigenvalue weighted by molar-refractivity contribution is 7.22. The van der Waals surface area contributed by atoms with Crippen LogP contribution in [0.25, 0.3) is 10.2 Å². The van der Waals surface area contributed by atoms with Crippen LogP contribution in [-0.4, -0.2) is 44.4 Å². The molecule has 0 aliphatic carbocycles. The van der Waals surface area contributed by atoms with Gasteiger partial charge in [0.05, 0.1) is 43.3 Å². The minimum atomic E-state index is -0.478. The topological polar surface area (TPSA) is 90.3 Å². The number of ether oxygens (including phenoxy) is 3. The third kappa shape index (κ3) is 4.89. The van der Waals surface area contributed by atoms with Crippen LogP contribution in [0.15, 0.2) is 71.8 Å². The van der Waals surface area contributed by atoms with Crippen LogP contribution in [0.3, 0.4) is 0 Å². The Morgan fingerprint density at radius 2 is 1.53 bits per heavy atom. The smallest absolute Gasteiger partial charge is 0.337 e. The maximum Gasteiger partial charge on any atom is 0.337 e. The first kappa shape index (κ1) is 22.9. The number of methoxy groups -OCH3 is 3. The van der Waals surface area contributed by atoms with Gasteiger partial charge in [-0.15, -0.1) is 0 Å². The molecule has 9 heteroatoms. The van der Waals surface area contributed by atoms with Crippen molar-refractivity contribution in [1.29, 1.82) is 0 Å². The first-order valence-corrected chi connectivity index (χ1v) is 11.0. The van der Waals surface area contributed by atoms with Crippen LogP contribution in [-0.2, 0) is 4.74 Å². The van der Waals surface area contributed by atoms with E-state index in [4.69, 9.17) is 14.2 Å². The van der Waals surface area contributed by atoms with Gasteiger partial charge in [-0.2, -0.15) is 10.1 Å². The molecule has 0 unspecified atom stereocenters. The van der Waals surface area contributed by atoms with Crippen molar-refractivity contribution >= 4 is 44.8 Å². The average Bonchev–Trinajstić information content (AvgIpc) is 3.31. The van der Waals surface area contributed by atoms with E-state index in [1.54, 1.807) is 32.6 Å². The summed E-state index contributed by atoms with van der Waals surface area (Å²) < 4.78 is 16.1. The van der Waals surface area contributed by atoms with Crippen molar-refractivity contribution in [3.05, 3.63) is 83.4 Å². The largest absolute Gasteiger partial charge is 0.497 e. The Kier molecular flexibility index (Phi) is 6.84. The second-order valence-electron chi connectivity index (χ2n) is 7.03.